The number of rotatable bonds is 15. The maximum atomic E-state index is 12.8. The summed E-state index contributed by atoms with van der Waals surface area (Å²) in [7, 11) is 0. The lowest BCUT2D eigenvalue weighted by atomic mass is 10.0. The van der Waals surface area contributed by atoms with Gasteiger partial charge in [-0.3, -0.25) is 24.5 Å². The van der Waals surface area contributed by atoms with Crippen LogP contribution in [0.15, 0.2) is 18.2 Å². The lowest BCUT2D eigenvalue weighted by Crippen LogP contribution is -2.52. The summed E-state index contributed by atoms with van der Waals surface area (Å²) >= 11 is 0. The summed E-state index contributed by atoms with van der Waals surface area (Å²) in [6.07, 6.45) is 1.20. The first kappa shape index (κ1) is 24.6. The van der Waals surface area contributed by atoms with Crippen molar-refractivity contribution in [3.63, 3.8) is 0 Å². The maximum absolute atomic E-state index is 12.8. The van der Waals surface area contributed by atoms with E-state index >= 15 is 0 Å². The van der Waals surface area contributed by atoms with Gasteiger partial charge in [0.25, 0.3) is 5.91 Å². The predicted molar refractivity (Wildman–Crippen MR) is 118 cm³/mol. The number of fused-ring (bicyclic) bond motifs is 1. The fourth-order valence-corrected chi connectivity index (χ4v) is 3.74. The smallest absolute Gasteiger partial charge is 0.255 e. The summed E-state index contributed by atoms with van der Waals surface area (Å²) in [5.74, 6) is -0.912. The lowest BCUT2D eigenvalue weighted by molar-refractivity contribution is -0.136. The van der Waals surface area contributed by atoms with E-state index in [4.69, 9.17) is 14.2 Å². The van der Waals surface area contributed by atoms with Crippen molar-refractivity contribution >= 4 is 29.8 Å². The summed E-state index contributed by atoms with van der Waals surface area (Å²) in [6, 6.07) is 4.83. The minimum atomic E-state index is -0.628. The highest BCUT2D eigenvalue weighted by molar-refractivity contribution is 6.06. The number of hydrogen-bond acceptors (Lipinski definition) is 8. The van der Waals surface area contributed by atoms with Crippen molar-refractivity contribution in [3.8, 4) is 0 Å². The second kappa shape index (κ2) is 12.9. The normalized spacial score (nSPS) is 17.6. The van der Waals surface area contributed by atoms with Crippen molar-refractivity contribution in [2.75, 3.05) is 58.0 Å². The molecule has 1 unspecified atom stereocenters. The SMILES string of the molecule is O=CNCCOCCOCCOCCNc1cccc2c1CN(C1CCC(=O)NC1=O)C2=O. The molecular formula is C22H30N4O7. The Morgan fingerprint density at radius 3 is 2.39 bits per heavy atom. The van der Waals surface area contributed by atoms with Crippen molar-refractivity contribution < 1.29 is 33.4 Å². The van der Waals surface area contributed by atoms with E-state index in [1.165, 1.54) is 4.90 Å². The summed E-state index contributed by atoms with van der Waals surface area (Å²) in [6.45, 7) is 4.08. The van der Waals surface area contributed by atoms with Crippen LogP contribution in [0.5, 0.6) is 0 Å². The van der Waals surface area contributed by atoms with Gasteiger partial charge >= 0.3 is 0 Å². The van der Waals surface area contributed by atoms with Crippen LogP contribution in [0.3, 0.4) is 0 Å². The number of amides is 4. The molecule has 0 spiro atoms. The monoisotopic (exact) mass is 462 g/mol. The van der Waals surface area contributed by atoms with Crippen LogP contribution in [-0.4, -0.2) is 87.8 Å². The van der Waals surface area contributed by atoms with Crippen LogP contribution in [0, 0.1) is 0 Å². The Hall–Kier alpha value is -3.02. The first-order valence-electron chi connectivity index (χ1n) is 11.0. The summed E-state index contributed by atoms with van der Waals surface area (Å²) in [4.78, 5) is 48.0. The van der Waals surface area contributed by atoms with Crippen LogP contribution in [-0.2, 0) is 35.1 Å². The van der Waals surface area contributed by atoms with Gasteiger partial charge in [0.05, 0.1) is 39.6 Å². The largest absolute Gasteiger partial charge is 0.382 e. The van der Waals surface area contributed by atoms with Crippen LogP contribution in [0.4, 0.5) is 5.69 Å². The Labute approximate surface area is 192 Å². The van der Waals surface area contributed by atoms with Gasteiger partial charge in [-0.2, -0.15) is 0 Å². The Kier molecular flexibility index (Phi) is 9.60. The van der Waals surface area contributed by atoms with Crippen molar-refractivity contribution in [1.29, 1.82) is 0 Å². The molecule has 0 radical (unpaired) electrons. The third kappa shape index (κ3) is 6.98. The van der Waals surface area contributed by atoms with Gasteiger partial charge in [-0.1, -0.05) is 6.07 Å². The van der Waals surface area contributed by atoms with Crippen molar-refractivity contribution in [1.82, 2.24) is 15.5 Å². The Balaban J connectivity index is 1.34. The molecule has 1 saturated heterocycles. The topological polar surface area (TPSA) is 135 Å². The number of benzene rings is 1. The molecular weight excluding hydrogens is 432 g/mol. The molecule has 1 fully saturated rings. The average molecular weight is 463 g/mol. The van der Waals surface area contributed by atoms with Gasteiger partial charge in [-0.15, -0.1) is 0 Å². The van der Waals surface area contributed by atoms with Gasteiger partial charge in [-0.25, -0.2) is 0 Å². The van der Waals surface area contributed by atoms with Gasteiger partial charge < -0.3 is 29.7 Å². The summed E-state index contributed by atoms with van der Waals surface area (Å²) in [5, 5.41) is 8.11. The van der Waals surface area contributed by atoms with Crippen LogP contribution in [0.2, 0.25) is 0 Å². The number of anilines is 1. The second-order valence-corrected chi connectivity index (χ2v) is 7.57. The number of imide groups is 1. The van der Waals surface area contributed by atoms with Gasteiger partial charge in [0, 0.05) is 42.9 Å². The minimum absolute atomic E-state index is 0.194. The highest BCUT2D eigenvalue weighted by Gasteiger charge is 2.39. The molecule has 180 valence electrons. The maximum Gasteiger partial charge on any atom is 0.255 e. The molecule has 3 N–H and O–H groups in total. The second-order valence-electron chi connectivity index (χ2n) is 7.57. The highest BCUT2D eigenvalue weighted by Crippen LogP contribution is 2.32. The average Bonchev–Trinajstić information content (AvgIpc) is 3.14. The van der Waals surface area contributed by atoms with Crippen molar-refractivity contribution in [2.24, 2.45) is 0 Å². The molecule has 33 heavy (non-hydrogen) atoms. The number of piperidine rings is 1. The molecule has 1 aromatic rings. The molecule has 2 heterocycles. The van der Waals surface area contributed by atoms with Crippen molar-refractivity contribution in [2.45, 2.75) is 25.4 Å². The van der Waals surface area contributed by atoms with E-state index in [1.54, 1.807) is 12.1 Å². The fraction of sp³-hybridized carbons (Fsp3) is 0.545. The van der Waals surface area contributed by atoms with E-state index in [2.05, 4.69) is 16.0 Å². The van der Waals surface area contributed by atoms with Gasteiger partial charge in [0.1, 0.15) is 6.04 Å². The number of hydrogen-bond donors (Lipinski definition) is 3. The minimum Gasteiger partial charge on any atom is -0.382 e. The number of nitrogens with one attached hydrogen (secondary N) is 3. The zero-order valence-corrected chi connectivity index (χ0v) is 18.5. The Bertz CT molecular complexity index is 848. The number of ether oxygens (including phenoxy) is 3. The first-order chi connectivity index (χ1) is 16.1. The number of carbonyl (C=O) groups excluding carboxylic acids is 4. The van der Waals surface area contributed by atoms with Gasteiger partial charge in [0.2, 0.25) is 18.2 Å². The van der Waals surface area contributed by atoms with E-state index < -0.39 is 11.9 Å². The molecule has 2 aliphatic heterocycles. The zero-order valence-electron chi connectivity index (χ0n) is 18.5. The number of nitrogens with zero attached hydrogens (tertiary/aromatic N) is 1. The van der Waals surface area contributed by atoms with E-state index in [9.17, 15) is 19.2 Å². The Morgan fingerprint density at radius 2 is 1.70 bits per heavy atom. The molecule has 0 aliphatic carbocycles. The number of carbonyl (C=O) groups is 4. The third-order valence-corrected chi connectivity index (χ3v) is 5.36. The molecule has 3 rings (SSSR count). The van der Waals surface area contributed by atoms with E-state index in [0.29, 0.717) is 77.7 Å². The van der Waals surface area contributed by atoms with Crippen LogP contribution in [0.25, 0.3) is 0 Å². The van der Waals surface area contributed by atoms with Crippen LogP contribution >= 0.6 is 0 Å². The molecule has 11 nitrogen and oxygen atoms in total. The lowest BCUT2D eigenvalue weighted by Gasteiger charge is -2.29. The van der Waals surface area contributed by atoms with Crippen LogP contribution < -0.4 is 16.0 Å². The summed E-state index contributed by atoms with van der Waals surface area (Å²) < 4.78 is 16.2. The molecule has 4 amide bonds. The standard InChI is InChI=1S/C22H30N4O7/c27-15-23-6-8-31-10-12-33-13-11-32-9-7-24-18-3-1-2-16-17(18)14-26(22(16)30)19-4-5-20(28)25-21(19)29/h1-3,15,19,24H,4-14H2,(H,23,27)(H,25,28,29). The molecule has 0 bridgehead atoms. The molecule has 11 heteroatoms. The van der Waals surface area contributed by atoms with E-state index in [1.807, 2.05) is 6.07 Å². The third-order valence-electron chi connectivity index (χ3n) is 5.36. The van der Waals surface area contributed by atoms with Crippen molar-refractivity contribution in [3.05, 3.63) is 29.3 Å². The van der Waals surface area contributed by atoms with Gasteiger partial charge in [-0.05, 0) is 18.6 Å². The summed E-state index contributed by atoms with van der Waals surface area (Å²) in [5.41, 5.74) is 2.25. The molecule has 2 aliphatic rings. The quantitative estimate of drug-likeness (QED) is 0.183. The zero-order chi connectivity index (χ0) is 23.5. The molecule has 0 saturated carbocycles. The fourth-order valence-electron chi connectivity index (χ4n) is 3.74. The first-order valence-corrected chi connectivity index (χ1v) is 11.0. The van der Waals surface area contributed by atoms with Gasteiger partial charge in [0.15, 0.2) is 0 Å². The molecule has 1 aromatic carbocycles. The molecule has 1 atom stereocenters. The van der Waals surface area contributed by atoms with E-state index in [-0.39, 0.29) is 18.2 Å². The predicted octanol–water partition coefficient (Wildman–Crippen LogP) is -0.345. The van der Waals surface area contributed by atoms with Crippen LogP contribution in [0.1, 0.15) is 28.8 Å². The highest BCUT2D eigenvalue weighted by atomic mass is 16.5. The Morgan fingerprint density at radius 1 is 1.00 bits per heavy atom. The molecule has 0 aromatic heterocycles. The van der Waals surface area contributed by atoms with E-state index in [0.717, 1.165) is 11.3 Å².